The minimum Gasteiger partial charge on any atom is -0.491 e. The van der Waals surface area contributed by atoms with Crippen molar-refractivity contribution in [2.24, 2.45) is 0 Å². The molecule has 0 aliphatic carbocycles. The molecular weight excluding hydrogens is 332 g/mol. The van der Waals surface area contributed by atoms with Crippen LogP contribution in [-0.4, -0.2) is 12.5 Å². The predicted molar refractivity (Wildman–Crippen MR) is 88.9 cm³/mol. The zero-order valence-electron chi connectivity index (χ0n) is 11.9. The highest BCUT2D eigenvalue weighted by Crippen LogP contribution is 2.29. The number of halogens is 1. The molecule has 0 radical (unpaired) electrons. The Balaban J connectivity index is 2.32. The third-order valence-corrected chi connectivity index (χ3v) is 3.64. The van der Waals surface area contributed by atoms with Gasteiger partial charge >= 0.3 is 0 Å². The Kier molecular flexibility index (Phi) is 4.85. The molecule has 0 spiro atoms. The second kappa shape index (κ2) is 6.63. The molecule has 2 aromatic rings. The second-order valence-corrected chi connectivity index (χ2v) is 5.45. The smallest absolute Gasteiger partial charge is 0.259 e. The van der Waals surface area contributed by atoms with Crippen molar-refractivity contribution in [2.45, 2.75) is 13.8 Å². The Morgan fingerprint density at radius 2 is 2.10 bits per heavy atom. The van der Waals surface area contributed by atoms with Crippen LogP contribution in [0.1, 0.15) is 22.8 Å². The van der Waals surface area contributed by atoms with Gasteiger partial charge < -0.3 is 15.8 Å². The lowest BCUT2D eigenvalue weighted by Crippen LogP contribution is -2.15. The van der Waals surface area contributed by atoms with E-state index in [0.717, 1.165) is 10.0 Å². The summed E-state index contributed by atoms with van der Waals surface area (Å²) < 4.78 is 6.31. The van der Waals surface area contributed by atoms with E-state index in [1.54, 1.807) is 18.2 Å². The summed E-state index contributed by atoms with van der Waals surface area (Å²) in [6.07, 6.45) is 0. The molecule has 3 N–H and O–H groups in total. The Bertz CT molecular complexity index is 671. The van der Waals surface area contributed by atoms with Crippen LogP contribution in [-0.2, 0) is 0 Å². The van der Waals surface area contributed by atoms with Crippen LogP contribution in [0.2, 0.25) is 0 Å². The number of nitrogens with two attached hydrogens (primary N) is 1. The second-order valence-electron chi connectivity index (χ2n) is 4.59. The Morgan fingerprint density at radius 1 is 1.33 bits per heavy atom. The van der Waals surface area contributed by atoms with Gasteiger partial charge in [-0.3, -0.25) is 4.79 Å². The summed E-state index contributed by atoms with van der Waals surface area (Å²) >= 11 is 3.42. The van der Waals surface area contributed by atoms with Crippen LogP contribution in [0.5, 0.6) is 5.75 Å². The van der Waals surface area contributed by atoms with Gasteiger partial charge in [0.2, 0.25) is 0 Å². The van der Waals surface area contributed by atoms with Gasteiger partial charge in [0.15, 0.2) is 5.75 Å². The summed E-state index contributed by atoms with van der Waals surface area (Å²) in [4.78, 5) is 12.5. The zero-order valence-corrected chi connectivity index (χ0v) is 13.5. The number of carbonyl (C=O) groups is 1. The average molecular weight is 349 g/mol. The fourth-order valence-electron chi connectivity index (χ4n) is 1.96. The van der Waals surface area contributed by atoms with Crippen molar-refractivity contribution >= 4 is 33.2 Å². The van der Waals surface area contributed by atoms with Gasteiger partial charge in [-0.25, -0.2) is 0 Å². The molecular formula is C16H17BrN2O2. The molecule has 4 nitrogen and oxygen atoms in total. The predicted octanol–water partition coefficient (Wildman–Crippen LogP) is 3.99. The van der Waals surface area contributed by atoms with Crippen molar-refractivity contribution in [1.82, 2.24) is 0 Å². The van der Waals surface area contributed by atoms with E-state index < -0.39 is 0 Å². The molecule has 0 aromatic heterocycles. The first kappa shape index (κ1) is 15.4. The van der Waals surface area contributed by atoms with Crippen molar-refractivity contribution < 1.29 is 9.53 Å². The first-order valence-corrected chi connectivity index (χ1v) is 7.41. The normalized spacial score (nSPS) is 10.2. The van der Waals surface area contributed by atoms with E-state index in [1.807, 2.05) is 32.0 Å². The Labute approximate surface area is 132 Å². The van der Waals surface area contributed by atoms with Gasteiger partial charge in [0.25, 0.3) is 5.91 Å². The van der Waals surface area contributed by atoms with Gasteiger partial charge in [0, 0.05) is 4.47 Å². The number of nitrogen functional groups attached to an aromatic ring is 1. The number of benzene rings is 2. The van der Waals surface area contributed by atoms with E-state index >= 15 is 0 Å². The fraction of sp³-hybridized carbons (Fsp3) is 0.188. The molecule has 0 unspecified atom stereocenters. The van der Waals surface area contributed by atoms with Gasteiger partial charge in [-0.05, 0) is 59.6 Å². The van der Waals surface area contributed by atoms with Gasteiger partial charge in [-0.1, -0.05) is 12.1 Å². The van der Waals surface area contributed by atoms with Crippen LogP contribution >= 0.6 is 15.9 Å². The summed E-state index contributed by atoms with van der Waals surface area (Å²) in [6, 6.07) is 10.9. The number of nitrogens with one attached hydrogen (secondary N) is 1. The molecule has 0 saturated carbocycles. The molecule has 0 fully saturated rings. The Morgan fingerprint density at radius 3 is 2.81 bits per heavy atom. The minimum atomic E-state index is -0.253. The molecule has 0 atom stereocenters. The summed E-state index contributed by atoms with van der Waals surface area (Å²) in [6.45, 7) is 4.27. The van der Waals surface area contributed by atoms with Crippen molar-refractivity contribution in [1.29, 1.82) is 0 Å². The van der Waals surface area contributed by atoms with E-state index in [2.05, 4.69) is 21.2 Å². The third-order valence-electron chi connectivity index (χ3n) is 2.95. The number of ether oxygens (including phenoxy) is 1. The highest BCUT2D eigenvalue weighted by Gasteiger charge is 2.16. The van der Waals surface area contributed by atoms with Crippen molar-refractivity contribution in [2.75, 3.05) is 17.7 Å². The van der Waals surface area contributed by atoms with Gasteiger partial charge in [0.1, 0.15) is 0 Å². The highest BCUT2D eigenvalue weighted by molar-refractivity contribution is 9.10. The van der Waals surface area contributed by atoms with E-state index in [4.69, 9.17) is 10.5 Å². The number of anilines is 2. The fourth-order valence-corrected chi connectivity index (χ4v) is 2.31. The molecule has 5 heteroatoms. The first-order chi connectivity index (χ1) is 10.0. The highest BCUT2D eigenvalue weighted by atomic mass is 79.9. The molecule has 21 heavy (non-hydrogen) atoms. The number of para-hydroxylation sites is 1. The maximum Gasteiger partial charge on any atom is 0.259 e. The number of carbonyl (C=O) groups excluding carboxylic acids is 1. The SMILES string of the molecule is CCOc1c(N)cccc1C(=O)Nc1cc(C)ccc1Br. The molecule has 0 saturated heterocycles. The van der Waals surface area contributed by atoms with E-state index in [1.165, 1.54) is 0 Å². The molecule has 0 aliphatic heterocycles. The number of hydrogen-bond acceptors (Lipinski definition) is 3. The monoisotopic (exact) mass is 348 g/mol. The number of hydrogen-bond donors (Lipinski definition) is 2. The molecule has 110 valence electrons. The lowest BCUT2D eigenvalue weighted by Gasteiger charge is -2.13. The lowest BCUT2D eigenvalue weighted by atomic mass is 10.1. The summed E-state index contributed by atoms with van der Waals surface area (Å²) in [5.74, 6) is 0.165. The maximum atomic E-state index is 12.5. The van der Waals surface area contributed by atoms with Crippen LogP contribution in [0.3, 0.4) is 0 Å². The molecule has 2 rings (SSSR count). The van der Waals surface area contributed by atoms with Crippen LogP contribution in [0, 0.1) is 6.92 Å². The molecule has 0 bridgehead atoms. The van der Waals surface area contributed by atoms with Crippen LogP contribution in [0.4, 0.5) is 11.4 Å². The topological polar surface area (TPSA) is 64.3 Å². The number of aryl methyl sites for hydroxylation is 1. The van der Waals surface area contributed by atoms with Crippen LogP contribution in [0.15, 0.2) is 40.9 Å². The number of amides is 1. The lowest BCUT2D eigenvalue weighted by molar-refractivity contribution is 0.102. The summed E-state index contributed by atoms with van der Waals surface area (Å²) in [5, 5.41) is 2.87. The molecule has 1 amide bonds. The van der Waals surface area contributed by atoms with Crippen LogP contribution < -0.4 is 15.8 Å². The minimum absolute atomic E-state index is 0.253. The van der Waals surface area contributed by atoms with Crippen LogP contribution in [0.25, 0.3) is 0 Å². The van der Waals surface area contributed by atoms with Gasteiger partial charge in [-0.2, -0.15) is 0 Å². The Hall–Kier alpha value is -2.01. The zero-order chi connectivity index (χ0) is 15.4. The average Bonchev–Trinajstić information content (AvgIpc) is 2.45. The number of rotatable bonds is 4. The standard InChI is InChI=1S/C16H17BrN2O2/c1-3-21-15-11(5-4-6-13(15)18)16(20)19-14-9-10(2)7-8-12(14)17/h4-9H,3,18H2,1-2H3,(H,19,20). The van der Waals surface area contributed by atoms with Gasteiger partial charge in [-0.15, -0.1) is 0 Å². The maximum absolute atomic E-state index is 12.5. The first-order valence-electron chi connectivity index (χ1n) is 6.61. The summed E-state index contributed by atoms with van der Waals surface area (Å²) in [5.41, 5.74) is 8.53. The van der Waals surface area contributed by atoms with Crippen molar-refractivity contribution in [3.05, 3.63) is 52.0 Å². The van der Waals surface area contributed by atoms with E-state index in [0.29, 0.717) is 29.3 Å². The third kappa shape index (κ3) is 3.55. The van der Waals surface area contributed by atoms with Crippen molar-refractivity contribution in [3.63, 3.8) is 0 Å². The quantitative estimate of drug-likeness (QED) is 0.821. The molecule has 0 heterocycles. The molecule has 2 aromatic carbocycles. The summed E-state index contributed by atoms with van der Waals surface area (Å²) in [7, 11) is 0. The molecule has 0 aliphatic rings. The van der Waals surface area contributed by atoms with Crippen molar-refractivity contribution in [3.8, 4) is 5.75 Å². The van der Waals surface area contributed by atoms with Gasteiger partial charge in [0.05, 0.1) is 23.5 Å². The van der Waals surface area contributed by atoms with E-state index in [9.17, 15) is 4.79 Å². The van der Waals surface area contributed by atoms with E-state index in [-0.39, 0.29) is 5.91 Å². The largest absolute Gasteiger partial charge is 0.491 e.